The lowest BCUT2D eigenvalue weighted by molar-refractivity contribution is -0.387. The van der Waals surface area contributed by atoms with Crippen LogP contribution in [0.25, 0.3) is 6.08 Å². The number of nitro groups is 1. The summed E-state index contributed by atoms with van der Waals surface area (Å²) in [6, 6.07) is 20.1. The molecule has 0 saturated carbocycles. The van der Waals surface area contributed by atoms with Gasteiger partial charge in [0, 0.05) is 16.5 Å². The van der Waals surface area contributed by atoms with E-state index in [1.165, 1.54) is 23.9 Å². The predicted molar refractivity (Wildman–Crippen MR) is 113 cm³/mol. The summed E-state index contributed by atoms with van der Waals surface area (Å²) < 4.78 is 0. The van der Waals surface area contributed by atoms with Crippen molar-refractivity contribution in [2.75, 3.05) is 0 Å². The molecule has 0 aliphatic rings. The molecule has 0 fully saturated rings. The number of ketones is 1. The summed E-state index contributed by atoms with van der Waals surface area (Å²) in [4.78, 5) is 24.9. The van der Waals surface area contributed by atoms with E-state index in [1.54, 1.807) is 30.3 Å². The van der Waals surface area contributed by atoms with Gasteiger partial charge in [0.1, 0.15) is 0 Å². The second kappa shape index (κ2) is 8.67. The highest BCUT2D eigenvalue weighted by Crippen LogP contribution is 2.35. The van der Waals surface area contributed by atoms with Crippen LogP contribution in [0.5, 0.6) is 0 Å². The van der Waals surface area contributed by atoms with E-state index in [-0.39, 0.29) is 11.5 Å². The maximum absolute atomic E-state index is 12.3. The molecule has 0 spiro atoms. The Morgan fingerprint density at radius 1 is 0.929 bits per heavy atom. The van der Waals surface area contributed by atoms with E-state index in [2.05, 4.69) is 0 Å². The fourth-order valence-corrected chi connectivity index (χ4v) is 3.49. The maximum Gasteiger partial charge on any atom is 0.283 e. The molecule has 140 valence electrons. The minimum Gasteiger partial charge on any atom is -0.289 e. The van der Waals surface area contributed by atoms with Crippen molar-refractivity contribution in [3.05, 3.63) is 105 Å². The zero-order valence-corrected chi connectivity index (χ0v) is 16.4. The summed E-state index contributed by atoms with van der Waals surface area (Å²) in [5.41, 5.74) is 3.44. The van der Waals surface area contributed by atoms with E-state index in [9.17, 15) is 14.9 Å². The third kappa shape index (κ3) is 4.96. The Labute approximate surface area is 168 Å². The van der Waals surface area contributed by atoms with Gasteiger partial charge in [-0.2, -0.15) is 0 Å². The Morgan fingerprint density at radius 2 is 1.54 bits per heavy atom. The van der Waals surface area contributed by atoms with Gasteiger partial charge in [0.25, 0.3) is 5.69 Å². The quantitative estimate of drug-likeness (QED) is 0.216. The molecule has 3 rings (SSSR count). The first-order valence-electron chi connectivity index (χ1n) is 8.74. The number of benzene rings is 3. The standard InChI is InChI=1S/C23H19NO3S/c1-16-3-9-19(10-4-16)22(25)13-7-18-8-14-23(21(15-18)24(26)27)28-20-11-5-17(2)6-12-20/h3-15H,1-2H3. The van der Waals surface area contributed by atoms with Crippen LogP contribution in [0.15, 0.2) is 82.6 Å². The van der Waals surface area contributed by atoms with Gasteiger partial charge in [-0.3, -0.25) is 14.9 Å². The second-order valence-corrected chi connectivity index (χ2v) is 7.58. The molecule has 28 heavy (non-hydrogen) atoms. The number of rotatable bonds is 6. The summed E-state index contributed by atoms with van der Waals surface area (Å²) in [6.45, 7) is 3.95. The first kappa shape index (κ1) is 19.6. The van der Waals surface area contributed by atoms with Crippen LogP contribution in [0.1, 0.15) is 27.0 Å². The Hall–Kier alpha value is -3.18. The second-order valence-electron chi connectivity index (χ2n) is 6.46. The number of hydrogen-bond acceptors (Lipinski definition) is 4. The largest absolute Gasteiger partial charge is 0.289 e. The Kier molecular flexibility index (Phi) is 6.06. The Morgan fingerprint density at radius 3 is 2.14 bits per heavy atom. The highest BCUT2D eigenvalue weighted by Gasteiger charge is 2.15. The van der Waals surface area contributed by atoms with E-state index in [0.717, 1.165) is 16.0 Å². The SMILES string of the molecule is Cc1ccc(Sc2ccc(C=CC(=O)c3ccc(C)cc3)cc2[N+](=O)[O-])cc1. The predicted octanol–water partition coefficient (Wildman–Crippen LogP) is 6.26. The van der Waals surface area contributed by atoms with E-state index >= 15 is 0 Å². The fourth-order valence-electron chi connectivity index (χ4n) is 2.59. The number of hydrogen-bond donors (Lipinski definition) is 0. The molecule has 5 heteroatoms. The van der Waals surface area contributed by atoms with Gasteiger partial charge in [0.2, 0.25) is 0 Å². The van der Waals surface area contributed by atoms with Crippen molar-refractivity contribution in [2.45, 2.75) is 23.6 Å². The molecule has 0 bridgehead atoms. The van der Waals surface area contributed by atoms with Crippen LogP contribution in [0, 0.1) is 24.0 Å². The highest BCUT2D eigenvalue weighted by atomic mass is 32.2. The molecule has 0 radical (unpaired) electrons. The van der Waals surface area contributed by atoms with Crippen LogP contribution in [-0.4, -0.2) is 10.7 Å². The molecule has 0 aromatic heterocycles. The molecule has 0 saturated heterocycles. The Balaban J connectivity index is 1.81. The zero-order valence-electron chi connectivity index (χ0n) is 15.6. The average Bonchev–Trinajstić information content (AvgIpc) is 2.69. The molecule has 4 nitrogen and oxygen atoms in total. The van der Waals surface area contributed by atoms with Gasteiger partial charge in [-0.05, 0) is 43.7 Å². The summed E-state index contributed by atoms with van der Waals surface area (Å²) in [6.07, 6.45) is 3.05. The van der Waals surface area contributed by atoms with Crippen molar-refractivity contribution in [1.82, 2.24) is 0 Å². The van der Waals surface area contributed by atoms with Gasteiger partial charge < -0.3 is 0 Å². The molecule has 3 aromatic carbocycles. The minimum atomic E-state index is -0.393. The summed E-state index contributed by atoms with van der Waals surface area (Å²) >= 11 is 1.35. The Bertz CT molecular complexity index is 1040. The molecule has 0 heterocycles. The molecule has 3 aromatic rings. The summed E-state index contributed by atoms with van der Waals surface area (Å²) in [7, 11) is 0. The lowest BCUT2D eigenvalue weighted by Crippen LogP contribution is -1.94. The lowest BCUT2D eigenvalue weighted by atomic mass is 10.1. The normalized spacial score (nSPS) is 10.9. The van der Waals surface area contributed by atoms with Crippen LogP contribution in [0.4, 0.5) is 5.69 Å². The number of carbonyl (C=O) groups excluding carboxylic acids is 1. The molecular weight excluding hydrogens is 370 g/mol. The van der Waals surface area contributed by atoms with Crippen molar-refractivity contribution in [3.63, 3.8) is 0 Å². The molecule has 0 N–H and O–H groups in total. The highest BCUT2D eigenvalue weighted by molar-refractivity contribution is 7.99. The molecule has 0 atom stereocenters. The van der Waals surface area contributed by atoms with E-state index < -0.39 is 4.92 Å². The van der Waals surface area contributed by atoms with Gasteiger partial charge in [-0.25, -0.2) is 0 Å². The topological polar surface area (TPSA) is 60.2 Å². The van der Waals surface area contributed by atoms with Gasteiger partial charge >= 0.3 is 0 Å². The minimum absolute atomic E-state index is 0.0236. The summed E-state index contributed by atoms with van der Waals surface area (Å²) in [5.74, 6) is -0.138. The van der Waals surface area contributed by atoms with Crippen molar-refractivity contribution < 1.29 is 9.72 Å². The third-order valence-electron chi connectivity index (χ3n) is 4.19. The molecule has 0 amide bonds. The van der Waals surface area contributed by atoms with E-state index in [1.807, 2.05) is 50.2 Å². The van der Waals surface area contributed by atoms with Crippen molar-refractivity contribution in [3.8, 4) is 0 Å². The van der Waals surface area contributed by atoms with Crippen LogP contribution < -0.4 is 0 Å². The molecular formula is C23H19NO3S. The number of aryl methyl sites for hydroxylation is 2. The number of carbonyl (C=O) groups is 1. The monoisotopic (exact) mass is 389 g/mol. The average molecular weight is 389 g/mol. The van der Waals surface area contributed by atoms with Crippen molar-refractivity contribution in [1.29, 1.82) is 0 Å². The lowest BCUT2D eigenvalue weighted by Gasteiger charge is -2.05. The molecule has 0 unspecified atom stereocenters. The number of nitro benzene ring substituents is 1. The fraction of sp³-hybridized carbons (Fsp3) is 0.0870. The van der Waals surface area contributed by atoms with Gasteiger partial charge in [0.05, 0.1) is 9.82 Å². The zero-order chi connectivity index (χ0) is 20.1. The number of allylic oxidation sites excluding steroid dienone is 1. The molecule has 0 aliphatic carbocycles. The smallest absolute Gasteiger partial charge is 0.283 e. The first-order valence-corrected chi connectivity index (χ1v) is 9.56. The maximum atomic E-state index is 12.3. The molecule has 0 aliphatic heterocycles. The van der Waals surface area contributed by atoms with Crippen LogP contribution in [0.2, 0.25) is 0 Å². The van der Waals surface area contributed by atoms with E-state index in [4.69, 9.17) is 0 Å². The van der Waals surface area contributed by atoms with Gasteiger partial charge in [0.15, 0.2) is 5.78 Å². The van der Waals surface area contributed by atoms with Crippen LogP contribution in [-0.2, 0) is 0 Å². The van der Waals surface area contributed by atoms with Crippen molar-refractivity contribution >= 4 is 29.3 Å². The first-order chi connectivity index (χ1) is 13.4. The van der Waals surface area contributed by atoms with Crippen molar-refractivity contribution in [2.24, 2.45) is 0 Å². The summed E-state index contributed by atoms with van der Waals surface area (Å²) in [5, 5.41) is 11.5. The van der Waals surface area contributed by atoms with Gasteiger partial charge in [-0.1, -0.05) is 71.4 Å². The van der Waals surface area contributed by atoms with Crippen LogP contribution in [0.3, 0.4) is 0 Å². The van der Waals surface area contributed by atoms with E-state index in [0.29, 0.717) is 16.0 Å². The number of nitrogens with zero attached hydrogens (tertiary/aromatic N) is 1. The third-order valence-corrected chi connectivity index (χ3v) is 5.26. The van der Waals surface area contributed by atoms with Gasteiger partial charge in [-0.15, -0.1) is 0 Å². The van der Waals surface area contributed by atoms with Crippen LogP contribution >= 0.6 is 11.8 Å².